The van der Waals surface area contributed by atoms with Gasteiger partial charge in [0.1, 0.15) is 12.4 Å². The summed E-state index contributed by atoms with van der Waals surface area (Å²) in [6.45, 7) is 2.60. The zero-order chi connectivity index (χ0) is 15.2. The number of pyridine rings is 1. The second kappa shape index (κ2) is 6.65. The fourth-order valence-electron chi connectivity index (χ4n) is 1.77. The van der Waals surface area contributed by atoms with Crippen LogP contribution >= 0.6 is 0 Å². The van der Waals surface area contributed by atoms with E-state index in [9.17, 15) is 14.5 Å². The highest BCUT2D eigenvalue weighted by Gasteiger charge is 2.19. The van der Waals surface area contributed by atoms with Crippen LogP contribution in [-0.4, -0.2) is 16.5 Å². The summed E-state index contributed by atoms with van der Waals surface area (Å²) in [7, 11) is 0. The molecule has 110 valence electrons. The van der Waals surface area contributed by atoms with E-state index >= 15 is 0 Å². The lowest BCUT2D eigenvalue weighted by molar-refractivity contribution is -0.386. The van der Waals surface area contributed by atoms with Crippen molar-refractivity contribution >= 4 is 11.5 Å². The molecule has 7 heteroatoms. The third kappa shape index (κ3) is 3.65. The lowest BCUT2D eigenvalue weighted by Crippen LogP contribution is -2.05. The van der Waals surface area contributed by atoms with E-state index in [-0.39, 0.29) is 12.4 Å². The Labute approximate surface area is 120 Å². The molecule has 1 heterocycles. The van der Waals surface area contributed by atoms with E-state index in [2.05, 4.69) is 10.3 Å². The molecule has 0 atom stereocenters. The van der Waals surface area contributed by atoms with Gasteiger partial charge in [-0.3, -0.25) is 10.1 Å². The molecule has 0 aliphatic heterocycles. The largest absolute Gasteiger partial charge is 0.478 e. The minimum atomic E-state index is -0.771. The summed E-state index contributed by atoms with van der Waals surface area (Å²) in [6, 6.07) is 8.85. The molecular formula is C14H14FN3O3. The van der Waals surface area contributed by atoms with Crippen LogP contribution in [0.2, 0.25) is 0 Å². The number of aromatic nitrogens is 1. The highest BCUT2D eigenvalue weighted by atomic mass is 19.1. The van der Waals surface area contributed by atoms with Crippen molar-refractivity contribution in [2.45, 2.75) is 13.5 Å². The van der Waals surface area contributed by atoms with Crippen LogP contribution < -0.4 is 10.1 Å². The van der Waals surface area contributed by atoms with Crippen molar-refractivity contribution in [3.05, 3.63) is 58.0 Å². The van der Waals surface area contributed by atoms with Crippen LogP contribution in [0.15, 0.2) is 36.4 Å². The van der Waals surface area contributed by atoms with Gasteiger partial charge in [0.25, 0.3) is 0 Å². The van der Waals surface area contributed by atoms with E-state index in [1.165, 1.54) is 12.1 Å². The number of hydrogen-bond acceptors (Lipinski definition) is 5. The minimum Gasteiger partial charge on any atom is -0.478 e. The maximum Gasteiger partial charge on any atom is 0.314 e. The number of nitrogens with one attached hydrogen (secondary N) is 1. The third-order valence-electron chi connectivity index (χ3n) is 2.67. The van der Waals surface area contributed by atoms with Crippen molar-refractivity contribution in [3.8, 4) is 5.75 Å². The zero-order valence-corrected chi connectivity index (χ0v) is 11.4. The molecule has 1 aromatic heterocycles. The van der Waals surface area contributed by atoms with Crippen molar-refractivity contribution in [3.63, 3.8) is 0 Å². The highest BCUT2D eigenvalue weighted by Crippen LogP contribution is 2.30. The highest BCUT2D eigenvalue weighted by molar-refractivity contribution is 5.47. The molecule has 0 bridgehead atoms. The lowest BCUT2D eigenvalue weighted by Gasteiger charge is -2.08. The first kappa shape index (κ1) is 14.7. The number of rotatable bonds is 6. The summed E-state index contributed by atoms with van der Waals surface area (Å²) in [5.41, 5.74) is 0.142. The molecule has 1 aromatic carbocycles. The Morgan fingerprint density at radius 1 is 1.33 bits per heavy atom. The van der Waals surface area contributed by atoms with Crippen molar-refractivity contribution < 1.29 is 14.1 Å². The predicted molar refractivity (Wildman–Crippen MR) is 75.8 cm³/mol. The van der Waals surface area contributed by atoms with E-state index in [1.807, 2.05) is 6.92 Å². The summed E-state index contributed by atoms with van der Waals surface area (Å²) in [5, 5.41) is 13.9. The van der Waals surface area contributed by atoms with Crippen LogP contribution in [0.1, 0.15) is 12.6 Å². The third-order valence-corrected chi connectivity index (χ3v) is 2.67. The number of nitrogens with zero attached hydrogens (tertiary/aromatic N) is 2. The summed E-state index contributed by atoms with van der Waals surface area (Å²) < 4.78 is 18.9. The van der Waals surface area contributed by atoms with E-state index < -0.39 is 16.4 Å². The standard InChI is InChI=1S/C14H14FN3O3/c1-2-16-13-8-3-5-10(17-13)9-21-14-11(15)6-4-7-12(14)18(19)20/h3-8H,2,9H2,1H3,(H,16,17). The van der Waals surface area contributed by atoms with Crippen molar-refractivity contribution in [2.24, 2.45) is 0 Å². The number of nitro groups is 1. The van der Waals surface area contributed by atoms with Gasteiger partial charge in [0.15, 0.2) is 5.82 Å². The van der Waals surface area contributed by atoms with Crippen molar-refractivity contribution in [1.29, 1.82) is 0 Å². The first-order valence-electron chi connectivity index (χ1n) is 6.37. The van der Waals surface area contributed by atoms with Gasteiger partial charge in [-0.05, 0) is 25.1 Å². The van der Waals surface area contributed by atoms with Crippen molar-refractivity contribution in [1.82, 2.24) is 4.98 Å². The molecule has 0 radical (unpaired) electrons. The van der Waals surface area contributed by atoms with Gasteiger partial charge in [0.05, 0.1) is 10.6 Å². The molecule has 0 fully saturated rings. The Kier molecular flexibility index (Phi) is 4.65. The van der Waals surface area contributed by atoms with Crippen LogP contribution in [-0.2, 0) is 6.61 Å². The summed E-state index contributed by atoms with van der Waals surface area (Å²) in [6.07, 6.45) is 0. The fraction of sp³-hybridized carbons (Fsp3) is 0.214. The fourth-order valence-corrected chi connectivity index (χ4v) is 1.77. The van der Waals surface area contributed by atoms with E-state index in [4.69, 9.17) is 4.74 Å². The average Bonchev–Trinajstić information content (AvgIpc) is 2.46. The molecule has 21 heavy (non-hydrogen) atoms. The normalized spacial score (nSPS) is 10.2. The van der Waals surface area contributed by atoms with E-state index in [0.717, 1.165) is 12.6 Å². The Morgan fingerprint density at radius 3 is 2.81 bits per heavy atom. The number of benzene rings is 1. The summed E-state index contributed by atoms with van der Waals surface area (Å²) >= 11 is 0. The first-order chi connectivity index (χ1) is 10.1. The van der Waals surface area contributed by atoms with Crippen molar-refractivity contribution in [2.75, 3.05) is 11.9 Å². The minimum absolute atomic E-state index is 0.0546. The van der Waals surface area contributed by atoms with Gasteiger partial charge in [-0.25, -0.2) is 9.37 Å². The molecule has 2 rings (SSSR count). The Bertz CT molecular complexity index is 649. The molecular weight excluding hydrogens is 277 g/mol. The number of hydrogen-bond donors (Lipinski definition) is 1. The number of nitro benzene ring substituents is 1. The van der Waals surface area contributed by atoms with Gasteiger partial charge in [-0.15, -0.1) is 0 Å². The Morgan fingerprint density at radius 2 is 2.10 bits per heavy atom. The topological polar surface area (TPSA) is 77.3 Å². The number of anilines is 1. The average molecular weight is 291 g/mol. The monoisotopic (exact) mass is 291 g/mol. The van der Waals surface area contributed by atoms with Crippen LogP contribution in [0.5, 0.6) is 5.75 Å². The second-order valence-corrected chi connectivity index (χ2v) is 4.18. The van der Waals surface area contributed by atoms with Crippen LogP contribution in [0.4, 0.5) is 15.9 Å². The van der Waals surface area contributed by atoms with Crippen LogP contribution in [0, 0.1) is 15.9 Å². The smallest absolute Gasteiger partial charge is 0.314 e. The molecule has 0 aliphatic rings. The summed E-state index contributed by atoms with van der Waals surface area (Å²) in [4.78, 5) is 14.4. The lowest BCUT2D eigenvalue weighted by atomic mass is 10.3. The number of para-hydroxylation sites is 1. The van der Waals surface area contributed by atoms with Gasteiger partial charge >= 0.3 is 5.69 Å². The molecule has 6 nitrogen and oxygen atoms in total. The molecule has 0 saturated carbocycles. The molecule has 0 amide bonds. The molecule has 0 spiro atoms. The molecule has 2 aromatic rings. The quantitative estimate of drug-likeness (QED) is 0.653. The van der Waals surface area contributed by atoms with Gasteiger partial charge in [-0.1, -0.05) is 12.1 Å². The van der Waals surface area contributed by atoms with Crippen LogP contribution in [0.25, 0.3) is 0 Å². The Balaban J connectivity index is 2.16. The van der Waals surface area contributed by atoms with Gasteiger partial charge in [-0.2, -0.15) is 0 Å². The summed E-state index contributed by atoms with van der Waals surface area (Å²) in [5.74, 6) is -0.480. The molecule has 0 unspecified atom stereocenters. The molecule has 1 N–H and O–H groups in total. The maximum atomic E-state index is 13.7. The number of ether oxygens (including phenoxy) is 1. The van der Waals surface area contributed by atoms with E-state index in [0.29, 0.717) is 11.5 Å². The predicted octanol–water partition coefficient (Wildman–Crippen LogP) is 3.14. The van der Waals surface area contributed by atoms with E-state index in [1.54, 1.807) is 18.2 Å². The van der Waals surface area contributed by atoms with Gasteiger partial charge < -0.3 is 10.1 Å². The first-order valence-corrected chi connectivity index (χ1v) is 6.37. The zero-order valence-electron chi connectivity index (χ0n) is 11.4. The van der Waals surface area contributed by atoms with Gasteiger partial charge in [0, 0.05) is 12.6 Å². The Hall–Kier alpha value is -2.70. The second-order valence-electron chi connectivity index (χ2n) is 4.18. The van der Waals surface area contributed by atoms with Gasteiger partial charge in [0.2, 0.25) is 5.75 Å². The number of halogens is 1. The van der Waals surface area contributed by atoms with Crippen LogP contribution in [0.3, 0.4) is 0 Å². The SMILES string of the molecule is CCNc1cccc(COc2c(F)cccc2[N+](=O)[O-])n1. The maximum absolute atomic E-state index is 13.7. The molecule has 0 saturated heterocycles. The molecule has 0 aliphatic carbocycles.